The first-order chi connectivity index (χ1) is 17.0. The van der Waals surface area contributed by atoms with Gasteiger partial charge in [-0.15, -0.1) is 0 Å². The number of carbonyl (C=O) groups is 3. The third kappa shape index (κ3) is 3.24. The van der Waals surface area contributed by atoms with Crippen molar-refractivity contribution >= 4 is 28.5 Å². The van der Waals surface area contributed by atoms with Gasteiger partial charge >= 0.3 is 6.18 Å². The minimum absolute atomic E-state index is 0.0326. The lowest BCUT2D eigenvalue weighted by Gasteiger charge is -2.73. The monoisotopic (exact) mass is 504 g/mol. The molecule has 1 aromatic carbocycles. The Labute approximate surface area is 204 Å². The number of alkyl halides is 3. The van der Waals surface area contributed by atoms with Crippen LogP contribution < -0.4 is 5.73 Å². The maximum atomic E-state index is 13.4. The molecular formula is C25H27F3N4O4. The van der Waals surface area contributed by atoms with Gasteiger partial charge < -0.3 is 15.7 Å². The molecule has 4 atom stereocenters. The lowest BCUT2D eigenvalue weighted by atomic mass is 9.31. The average Bonchev–Trinajstić information content (AvgIpc) is 3.25. The Bertz CT molecular complexity index is 1270. The SMILES string of the molecule is NC(=O)c1nn(CC(=O)N2[C@@H]3C[C@@H]3C[C@H]2C(=O)C[C@H](CO)C23CC(C(F)(F)F)(C2)C3)c2ccccc12. The lowest BCUT2D eigenvalue weighted by molar-refractivity contribution is -0.377. The summed E-state index contributed by atoms with van der Waals surface area (Å²) < 4.78 is 41.2. The number of fused-ring (bicyclic) bond motifs is 2. The summed E-state index contributed by atoms with van der Waals surface area (Å²) in [7, 11) is 0. The lowest BCUT2D eigenvalue weighted by Crippen LogP contribution is -2.71. The highest BCUT2D eigenvalue weighted by Crippen LogP contribution is 2.81. The van der Waals surface area contributed by atoms with Gasteiger partial charge in [0.2, 0.25) is 5.91 Å². The molecule has 1 saturated heterocycles. The number of hydrogen-bond acceptors (Lipinski definition) is 5. The van der Waals surface area contributed by atoms with E-state index in [9.17, 15) is 32.7 Å². The first kappa shape index (κ1) is 23.4. The average molecular weight is 505 g/mol. The highest BCUT2D eigenvalue weighted by Gasteiger charge is 2.79. The third-order valence-electron chi connectivity index (χ3n) is 9.15. The minimum atomic E-state index is -4.25. The number of hydrogen-bond donors (Lipinski definition) is 2. The topological polar surface area (TPSA) is 119 Å². The molecule has 1 aliphatic heterocycles. The Hall–Kier alpha value is -2.95. The van der Waals surface area contributed by atoms with E-state index < -0.39 is 34.9 Å². The Balaban J connectivity index is 1.17. The van der Waals surface area contributed by atoms with Crippen LogP contribution in [0.15, 0.2) is 24.3 Å². The summed E-state index contributed by atoms with van der Waals surface area (Å²) in [6.07, 6.45) is -3.04. The maximum Gasteiger partial charge on any atom is 0.394 e. The number of piperidine rings is 1. The summed E-state index contributed by atoms with van der Waals surface area (Å²) in [4.78, 5) is 40.1. The van der Waals surface area contributed by atoms with Gasteiger partial charge in [0.1, 0.15) is 6.54 Å². The number of benzene rings is 1. The van der Waals surface area contributed by atoms with Crippen LogP contribution in [0.2, 0.25) is 0 Å². The third-order valence-corrected chi connectivity index (χ3v) is 9.15. The van der Waals surface area contributed by atoms with Gasteiger partial charge in [-0.2, -0.15) is 18.3 Å². The van der Waals surface area contributed by atoms with Crippen molar-refractivity contribution in [1.82, 2.24) is 14.7 Å². The summed E-state index contributed by atoms with van der Waals surface area (Å²) >= 11 is 0. The van der Waals surface area contributed by atoms with E-state index in [0.717, 1.165) is 6.42 Å². The molecule has 0 spiro atoms. The Morgan fingerprint density at radius 3 is 2.50 bits per heavy atom. The predicted octanol–water partition coefficient (Wildman–Crippen LogP) is 2.42. The van der Waals surface area contributed by atoms with Crippen LogP contribution in [-0.2, 0) is 16.1 Å². The number of aromatic nitrogens is 2. The van der Waals surface area contributed by atoms with Crippen LogP contribution in [-0.4, -0.2) is 62.3 Å². The fourth-order valence-electron chi connectivity index (χ4n) is 7.20. The summed E-state index contributed by atoms with van der Waals surface area (Å²) in [6.45, 7) is -0.509. The molecule has 1 aromatic heterocycles. The highest BCUT2D eigenvalue weighted by molar-refractivity contribution is 6.04. The summed E-state index contributed by atoms with van der Waals surface area (Å²) in [5.41, 5.74) is 3.82. The highest BCUT2D eigenvalue weighted by atomic mass is 19.4. The van der Waals surface area contributed by atoms with Gasteiger partial charge in [-0.05, 0) is 55.4 Å². The molecule has 7 rings (SSSR count). The largest absolute Gasteiger partial charge is 0.396 e. The number of ketones is 1. The second kappa shape index (κ2) is 7.53. The zero-order valence-electron chi connectivity index (χ0n) is 19.5. The molecule has 192 valence electrons. The first-order valence-corrected chi connectivity index (χ1v) is 12.3. The standard InChI is InChI=1S/C25H27F3N4O4/c26-25(27,28)24-10-23(11-24,12-24)14(9-33)7-19(34)18-6-13-5-17(13)32(18)20(35)8-31-16-4-2-1-3-15(16)21(30-31)22(29)36/h1-4,13-14,17-18,33H,5-12H2,(H2,29,36)/t13-,14-,17-,18+,23?,24?/m1/s1. The fraction of sp³-hybridized carbons (Fsp3) is 0.600. The van der Waals surface area contributed by atoms with Crippen molar-refractivity contribution in [2.45, 2.75) is 63.3 Å². The number of primary amides is 1. The van der Waals surface area contributed by atoms with E-state index in [2.05, 4.69) is 5.10 Å². The molecule has 36 heavy (non-hydrogen) atoms. The Morgan fingerprint density at radius 2 is 1.86 bits per heavy atom. The van der Waals surface area contributed by atoms with Gasteiger partial charge in [0.15, 0.2) is 11.5 Å². The second-order valence-corrected chi connectivity index (χ2v) is 11.2. The van der Waals surface area contributed by atoms with Crippen LogP contribution in [0.4, 0.5) is 13.2 Å². The van der Waals surface area contributed by atoms with E-state index >= 15 is 0 Å². The normalized spacial score (nSPS) is 33.0. The van der Waals surface area contributed by atoms with Gasteiger partial charge in [-0.25, -0.2) is 0 Å². The number of nitrogens with zero attached hydrogens (tertiary/aromatic N) is 3. The molecule has 8 nitrogen and oxygen atoms in total. The molecule has 2 amide bonds. The number of carbonyl (C=O) groups excluding carboxylic acids is 3. The van der Waals surface area contributed by atoms with Crippen molar-refractivity contribution in [3.05, 3.63) is 30.0 Å². The predicted molar refractivity (Wildman–Crippen MR) is 120 cm³/mol. The minimum Gasteiger partial charge on any atom is -0.396 e. The summed E-state index contributed by atoms with van der Waals surface area (Å²) in [6, 6.07) is 6.24. The van der Waals surface area contributed by atoms with Crippen LogP contribution in [0.25, 0.3) is 10.9 Å². The first-order valence-electron chi connectivity index (χ1n) is 12.3. The van der Waals surface area contributed by atoms with E-state index in [4.69, 9.17) is 5.73 Å². The molecule has 4 saturated carbocycles. The van der Waals surface area contributed by atoms with Gasteiger partial charge in [0, 0.05) is 24.5 Å². The molecule has 3 N–H and O–H groups in total. The van der Waals surface area contributed by atoms with E-state index in [-0.39, 0.29) is 68.2 Å². The van der Waals surface area contributed by atoms with Crippen LogP contribution in [0.3, 0.4) is 0 Å². The number of Topliss-reactive ketones (excluding diaryl/α,β-unsaturated/α-hetero) is 1. The number of aliphatic hydroxyl groups is 1. The van der Waals surface area contributed by atoms with Crippen LogP contribution in [0.1, 0.15) is 49.0 Å². The number of likely N-dealkylation sites (tertiary alicyclic amines) is 1. The van der Waals surface area contributed by atoms with Gasteiger partial charge in [0.25, 0.3) is 5.91 Å². The molecule has 5 aliphatic rings. The van der Waals surface area contributed by atoms with Crippen molar-refractivity contribution < 1.29 is 32.7 Å². The van der Waals surface area contributed by atoms with Gasteiger partial charge in [0.05, 0.1) is 17.0 Å². The molecule has 11 heteroatoms. The van der Waals surface area contributed by atoms with Crippen molar-refractivity contribution in [2.75, 3.05) is 6.61 Å². The van der Waals surface area contributed by atoms with Gasteiger partial charge in [-0.3, -0.25) is 19.1 Å². The van der Waals surface area contributed by atoms with Crippen molar-refractivity contribution in [3.63, 3.8) is 0 Å². The smallest absolute Gasteiger partial charge is 0.394 e. The van der Waals surface area contributed by atoms with Crippen molar-refractivity contribution in [1.29, 1.82) is 0 Å². The van der Waals surface area contributed by atoms with Crippen LogP contribution >= 0.6 is 0 Å². The molecule has 4 aliphatic carbocycles. The number of nitrogens with two attached hydrogens (primary N) is 1. The summed E-state index contributed by atoms with van der Waals surface area (Å²) in [5, 5.41) is 14.7. The van der Waals surface area contributed by atoms with E-state index in [1.54, 1.807) is 29.2 Å². The van der Waals surface area contributed by atoms with E-state index in [0.29, 0.717) is 17.3 Å². The zero-order chi connectivity index (χ0) is 25.6. The quantitative estimate of drug-likeness (QED) is 0.573. The number of halogens is 3. The van der Waals surface area contributed by atoms with Crippen molar-refractivity contribution in [2.24, 2.45) is 28.4 Å². The van der Waals surface area contributed by atoms with Crippen LogP contribution in [0, 0.1) is 22.7 Å². The van der Waals surface area contributed by atoms with Crippen molar-refractivity contribution in [3.8, 4) is 0 Å². The number of para-hydroxylation sites is 1. The van der Waals surface area contributed by atoms with Crippen LogP contribution in [0.5, 0.6) is 0 Å². The Kier molecular flexibility index (Phi) is 4.91. The van der Waals surface area contributed by atoms with Gasteiger partial charge in [-0.1, -0.05) is 18.2 Å². The molecule has 0 unspecified atom stereocenters. The Morgan fingerprint density at radius 1 is 1.17 bits per heavy atom. The molecule has 0 radical (unpaired) electrons. The van der Waals surface area contributed by atoms with E-state index in [1.165, 1.54) is 4.68 Å². The molecular weight excluding hydrogens is 477 g/mol. The van der Waals surface area contributed by atoms with E-state index in [1.807, 2.05) is 0 Å². The molecule has 5 fully saturated rings. The molecule has 2 bridgehead atoms. The molecule has 2 heterocycles. The maximum absolute atomic E-state index is 13.4. The number of amides is 2. The second-order valence-electron chi connectivity index (χ2n) is 11.2. The number of aliphatic hydroxyl groups excluding tert-OH is 1. The summed E-state index contributed by atoms with van der Waals surface area (Å²) in [5.74, 6) is -1.51. The fourth-order valence-corrected chi connectivity index (χ4v) is 7.20. The number of rotatable bonds is 8. The molecule has 2 aromatic rings. The zero-order valence-corrected chi connectivity index (χ0v) is 19.5.